The zero-order valence-electron chi connectivity index (χ0n) is 5.94. The molecule has 0 spiro atoms. The largest absolute Gasteiger partial charge is 0.162 e. The van der Waals surface area contributed by atoms with Gasteiger partial charge in [-0.2, -0.15) is 11.8 Å². The quantitative estimate of drug-likeness (QED) is 0.573. The molecule has 0 aromatic carbocycles. The van der Waals surface area contributed by atoms with Crippen LogP contribution in [0.2, 0.25) is 0 Å². The molecule has 1 saturated heterocycles. The Kier molecular flexibility index (Phi) is 3.49. The van der Waals surface area contributed by atoms with Crippen LogP contribution in [0.25, 0.3) is 0 Å². The van der Waals surface area contributed by atoms with Crippen LogP contribution in [0.5, 0.6) is 0 Å². The highest BCUT2D eigenvalue weighted by Crippen LogP contribution is 2.25. The van der Waals surface area contributed by atoms with Crippen molar-refractivity contribution in [3.05, 3.63) is 6.92 Å². The van der Waals surface area contributed by atoms with Crippen molar-refractivity contribution in [3.8, 4) is 0 Å². The van der Waals surface area contributed by atoms with Crippen LogP contribution >= 0.6 is 11.8 Å². The summed E-state index contributed by atoms with van der Waals surface area (Å²) in [6.07, 6.45) is 5.39. The molecule has 0 aliphatic carbocycles. The highest BCUT2D eigenvalue weighted by Gasteiger charge is 2.11. The Morgan fingerprint density at radius 2 is 2.00 bits per heavy atom. The van der Waals surface area contributed by atoms with E-state index in [0.29, 0.717) is 0 Å². The molecule has 0 nitrogen and oxygen atoms in total. The smallest absolute Gasteiger partial charge is 0.00649 e. The first-order valence-corrected chi connectivity index (χ1v) is 4.96. The Morgan fingerprint density at radius 3 is 2.56 bits per heavy atom. The van der Waals surface area contributed by atoms with Crippen LogP contribution in [0, 0.1) is 12.8 Å². The fraction of sp³-hybridized carbons (Fsp3) is 0.875. The Hall–Kier alpha value is 0.350. The Morgan fingerprint density at radius 1 is 1.33 bits per heavy atom. The van der Waals surface area contributed by atoms with Gasteiger partial charge in [-0.25, -0.2) is 0 Å². The van der Waals surface area contributed by atoms with E-state index in [0.717, 1.165) is 12.3 Å². The molecule has 0 atom stereocenters. The summed E-state index contributed by atoms with van der Waals surface area (Å²) in [5.41, 5.74) is 0. The van der Waals surface area contributed by atoms with Gasteiger partial charge >= 0.3 is 0 Å². The van der Waals surface area contributed by atoms with E-state index in [-0.39, 0.29) is 0 Å². The summed E-state index contributed by atoms with van der Waals surface area (Å²) in [5.74, 6) is 3.80. The summed E-state index contributed by atoms with van der Waals surface area (Å²) in [6, 6.07) is 0. The predicted octanol–water partition coefficient (Wildman–Crippen LogP) is 2.74. The molecular weight excluding hydrogens is 128 g/mol. The van der Waals surface area contributed by atoms with Crippen molar-refractivity contribution >= 4 is 11.8 Å². The van der Waals surface area contributed by atoms with Gasteiger partial charge in [0.1, 0.15) is 0 Å². The van der Waals surface area contributed by atoms with Crippen molar-refractivity contribution in [1.29, 1.82) is 0 Å². The van der Waals surface area contributed by atoms with Crippen LogP contribution in [0.3, 0.4) is 0 Å². The summed E-state index contributed by atoms with van der Waals surface area (Å²) in [7, 11) is 0. The average molecular weight is 143 g/mol. The lowest BCUT2D eigenvalue weighted by molar-refractivity contribution is 0.457. The molecule has 1 aliphatic rings. The average Bonchev–Trinajstić information content (AvgIpc) is 1.91. The Labute approximate surface area is 62.4 Å². The van der Waals surface area contributed by atoms with Gasteiger partial charge in [-0.1, -0.05) is 19.8 Å². The molecule has 1 heterocycles. The van der Waals surface area contributed by atoms with Crippen LogP contribution in [0.4, 0.5) is 0 Å². The molecule has 1 aliphatic heterocycles. The molecule has 1 fully saturated rings. The first-order chi connectivity index (χ1) is 4.43. The second kappa shape index (κ2) is 4.21. The van der Waals surface area contributed by atoms with Gasteiger partial charge in [-0.05, 0) is 30.3 Å². The molecule has 0 aromatic rings. The van der Waals surface area contributed by atoms with Crippen molar-refractivity contribution in [2.24, 2.45) is 5.92 Å². The van der Waals surface area contributed by atoms with E-state index in [2.05, 4.69) is 18.7 Å². The van der Waals surface area contributed by atoms with Gasteiger partial charge in [-0.3, -0.25) is 0 Å². The van der Waals surface area contributed by atoms with Crippen molar-refractivity contribution in [3.63, 3.8) is 0 Å². The third-order valence-corrected chi connectivity index (χ3v) is 3.00. The Balaban J connectivity index is 2.08. The van der Waals surface area contributed by atoms with E-state index in [1.807, 2.05) is 0 Å². The minimum absolute atomic E-state index is 1.02. The molecule has 1 rings (SSSR count). The molecule has 1 radical (unpaired) electrons. The third-order valence-electron chi connectivity index (χ3n) is 1.95. The van der Waals surface area contributed by atoms with Crippen LogP contribution in [-0.4, -0.2) is 11.5 Å². The van der Waals surface area contributed by atoms with E-state index in [9.17, 15) is 0 Å². The summed E-state index contributed by atoms with van der Waals surface area (Å²) >= 11 is 2.10. The number of thioether (sulfide) groups is 1. The first kappa shape index (κ1) is 7.46. The molecule has 0 unspecified atom stereocenters. The fourth-order valence-corrected chi connectivity index (χ4v) is 2.53. The zero-order chi connectivity index (χ0) is 6.53. The summed E-state index contributed by atoms with van der Waals surface area (Å²) in [4.78, 5) is 0. The molecule has 53 valence electrons. The minimum atomic E-state index is 1.02. The zero-order valence-corrected chi connectivity index (χ0v) is 6.75. The van der Waals surface area contributed by atoms with Gasteiger partial charge in [0, 0.05) is 0 Å². The fourth-order valence-electron chi connectivity index (χ4n) is 1.32. The van der Waals surface area contributed by atoms with E-state index >= 15 is 0 Å². The second-order valence-electron chi connectivity index (χ2n) is 2.70. The maximum absolute atomic E-state index is 3.87. The molecular formula is C8H15S. The predicted molar refractivity (Wildman–Crippen MR) is 44.6 cm³/mol. The summed E-state index contributed by atoms with van der Waals surface area (Å²) in [6.45, 7) is 3.87. The first-order valence-electron chi connectivity index (χ1n) is 3.80. The number of hydrogen-bond acceptors (Lipinski definition) is 1. The standard InChI is InChI=1S/C8H15S/c1-2-3-8-4-6-9-7-5-8/h8H,1-7H2. The van der Waals surface area contributed by atoms with Crippen molar-refractivity contribution in [1.82, 2.24) is 0 Å². The summed E-state index contributed by atoms with van der Waals surface area (Å²) in [5, 5.41) is 0. The minimum Gasteiger partial charge on any atom is -0.162 e. The van der Waals surface area contributed by atoms with Gasteiger partial charge < -0.3 is 0 Å². The summed E-state index contributed by atoms with van der Waals surface area (Å²) < 4.78 is 0. The topological polar surface area (TPSA) is 0 Å². The number of rotatable bonds is 2. The number of hydrogen-bond donors (Lipinski definition) is 0. The molecule has 0 N–H and O–H groups in total. The lowest BCUT2D eigenvalue weighted by atomic mass is 9.98. The van der Waals surface area contributed by atoms with Crippen LogP contribution < -0.4 is 0 Å². The maximum Gasteiger partial charge on any atom is -0.00649 e. The van der Waals surface area contributed by atoms with Crippen LogP contribution in [0.1, 0.15) is 25.7 Å². The van der Waals surface area contributed by atoms with Crippen molar-refractivity contribution < 1.29 is 0 Å². The molecule has 0 bridgehead atoms. The van der Waals surface area contributed by atoms with Gasteiger partial charge in [0.25, 0.3) is 0 Å². The monoisotopic (exact) mass is 143 g/mol. The van der Waals surface area contributed by atoms with Gasteiger partial charge in [-0.15, -0.1) is 0 Å². The molecule has 1 heteroatoms. The van der Waals surface area contributed by atoms with Gasteiger partial charge in [0.15, 0.2) is 0 Å². The van der Waals surface area contributed by atoms with Gasteiger partial charge in [0.2, 0.25) is 0 Å². The van der Waals surface area contributed by atoms with Crippen LogP contribution in [-0.2, 0) is 0 Å². The van der Waals surface area contributed by atoms with Crippen LogP contribution in [0.15, 0.2) is 0 Å². The highest BCUT2D eigenvalue weighted by atomic mass is 32.2. The van der Waals surface area contributed by atoms with Crippen molar-refractivity contribution in [2.75, 3.05) is 11.5 Å². The molecule has 0 aromatic heterocycles. The lowest BCUT2D eigenvalue weighted by Gasteiger charge is -2.19. The lowest BCUT2D eigenvalue weighted by Crippen LogP contribution is -2.08. The molecule has 0 amide bonds. The molecule has 9 heavy (non-hydrogen) atoms. The van der Waals surface area contributed by atoms with Gasteiger partial charge in [0.05, 0.1) is 0 Å². The third kappa shape index (κ3) is 2.61. The van der Waals surface area contributed by atoms with E-state index in [4.69, 9.17) is 0 Å². The van der Waals surface area contributed by atoms with E-state index in [1.54, 1.807) is 0 Å². The normalized spacial score (nSPS) is 22.3. The van der Waals surface area contributed by atoms with Crippen molar-refractivity contribution in [2.45, 2.75) is 25.7 Å². The molecule has 0 saturated carbocycles. The van der Waals surface area contributed by atoms with E-state index < -0.39 is 0 Å². The van der Waals surface area contributed by atoms with E-state index in [1.165, 1.54) is 30.8 Å². The Bertz CT molecular complexity index is 62.2. The second-order valence-corrected chi connectivity index (χ2v) is 3.92. The highest BCUT2D eigenvalue weighted by molar-refractivity contribution is 7.99. The maximum atomic E-state index is 3.87. The SMILES string of the molecule is [CH2]CCC1CCSCC1.